The molecule has 9 heteroatoms. The molecule has 0 bridgehead atoms. The van der Waals surface area contributed by atoms with Crippen LogP contribution in [0.3, 0.4) is 0 Å². The number of rotatable bonds is 5. The monoisotopic (exact) mass is 387 g/mol. The third kappa shape index (κ3) is 3.98. The molecule has 24 heavy (non-hydrogen) atoms. The van der Waals surface area contributed by atoms with E-state index < -0.39 is 18.0 Å². The predicted octanol–water partition coefficient (Wildman–Crippen LogP) is 3.98. The molecule has 0 saturated carbocycles. The lowest BCUT2D eigenvalue weighted by molar-refractivity contribution is -0.123. The summed E-state index contributed by atoms with van der Waals surface area (Å²) in [6, 6.07) is 4.86. The summed E-state index contributed by atoms with van der Waals surface area (Å²) in [7, 11) is 1.68. The second kappa shape index (κ2) is 7.83. The van der Waals surface area contributed by atoms with Crippen LogP contribution >= 0.6 is 34.7 Å². The summed E-state index contributed by atoms with van der Waals surface area (Å²) in [6.07, 6.45) is -1.02. The molecule has 2 aromatic rings. The molecule has 1 atom stereocenters. The highest BCUT2D eigenvalue weighted by Gasteiger charge is 2.24. The number of aromatic nitrogens is 1. The minimum Gasteiger partial charge on any atom is -0.449 e. The van der Waals surface area contributed by atoms with Gasteiger partial charge in [-0.3, -0.25) is 4.79 Å². The van der Waals surface area contributed by atoms with Crippen molar-refractivity contribution in [1.82, 2.24) is 4.37 Å². The number of aryl methyl sites for hydroxylation is 1. The van der Waals surface area contributed by atoms with Gasteiger partial charge in [-0.25, -0.2) is 4.79 Å². The van der Waals surface area contributed by atoms with Crippen LogP contribution in [0.15, 0.2) is 18.2 Å². The van der Waals surface area contributed by atoms with Crippen molar-refractivity contribution in [3.05, 3.63) is 39.5 Å². The minimum absolute atomic E-state index is 0.224. The molecule has 1 amide bonds. The Labute approximate surface area is 153 Å². The number of hydrogen-bond acceptors (Lipinski definition) is 6. The summed E-state index contributed by atoms with van der Waals surface area (Å²) in [5.74, 6) is -1.13. The maximum Gasteiger partial charge on any atom is 0.343 e. The first kappa shape index (κ1) is 18.5. The first-order chi connectivity index (χ1) is 11.3. The van der Waals surface area contributed by atoms with E-state index in [1.807, 2.05) is 0 Å². The van der Waals surface area contributed by atoms with Crippen LogP contribution < -0.4 is 10.6 Å². The number of ether oxygens (including phenoxy) is 1. The number of halogens is 2. The van der Waals surface area contributed by atoms with Crippen LogP contribution in [0, 0.1) is 6.92 Å². The zero-order valence-corrected chi connectivity index (χ0v) is 15.5. The molecule has 0 fully saturated rings. The quantitative estimate of drug-likeness (QED) is 0.758. The minimum atomic E-state index is -1.02. The molecule has 0 aliphatic carbocycles. The van der Waals surface area contributed by atoms with Crippen molar-refractivity contribution >= 4 is 57.3 Å². The molecule has 0 radical (unpaired) electrons. The Hall–Kier alpha value is -1.83. The van der Waals surface area contributed by atoms with Crippen molar-refractivity contribution in [3.8, 4) is 0 Å². The van der Waals surface area contributed by atoms with Crippen LogP contribution in [0.4, 0.5) is 10.7 Å². The van der Waals surface area contributed by atoms with Crippen LogP contribution in [0.25, 0.3) is 0 Å². The SMILES string of the molecule is CNc1snc(C)c1C(=O)O[C@@H](C)C(=O)Nc1cccc(Cl)c1Cl. The Morgan fingerprint density at radius 3 is 2.71 bits per heavy atom. The average Bonchev–Trinajstić information content (AvgIpc) is 2.92. The molecule has 1 heterocycles. The number of carbonyl (C=O) groups is 2. The molecule has 6 nitrogen and oxygen atoms in total. The van der Waals surface area contributed by atoms with Gasteiger partial charge >= 0.3 is 5.97 Å². The van der Waals surface area contributed by atoms with Gasteiger partial charge in [0.05, 0.1) is 21.4 Å². The lowest BCUT2D eigenvalue weighted by Gasteiger charge is -2.15. The van der Waals surface area contributed by atoms with Gasteiger partial charge in [-0.15, -0.1) is 0 Å². The first-order valence-corrected chi connectivity index (χ1v) is 8.48. The summed E-state index contributed by atoms with van der Waals surface area (Å²) in [6.45, 7) is 3.17. The number of nitrogens with one attached hydrogen (secondary N) is 2. The molecule has 0 aliphatic rings. The van der Waals surface area contributed by atoms with Gasteiger partial charge in [0, 0.05) is 7.05 Å². The fourth-order valence-corrected chi connectivity index (χ4v) is 2.97. The molecular formula is C15H15Cl2N3O3S. The third-order valence-electron chi connectivity index (χ3n) is 3.16. The van der Waals surface area contributed by atoms with Crippen molar-refractivity contribution in [1.29, 1.82) is 0 Å². The molecule has 0 saturated heterocycles. The molecular weight excluding hydrogens is 373 g/mol. The van der Waals surface area contributed by atoms with Gasteiger partial charge in [-0.05, 0) is 37.5 Å². The van der Waals surface area contributed by atoms with E-state index >= 15 is 0 Å². The van der Waals surface area contributed by atoms with Gasteiger partial charge in [0.15, 0.2) is 6.10 Å². The van der Waals surface area contributed by atoms with Crippen LogP contribution in [-0.2, 0) is 9.53 Å². The van der Waals surface area contributed by atoms with Crippen molar-refractivity contribution < 1.29 is 14.3 Å². The zero-order chi connectivity index (χ0) is 17.9. The maximum absolute atomic E-state index is 12.3. The average molecular weight is 388 g/mol. The van der Waals surface area contributed by atoms with E-state index in [0.29, 0.717) is 27.0 Å². The fraction of sp³-hybridized carbons (Fsp3) is 0.267. The van der Waals surface area contributed by atoms with Crippen molar-refractivity contribution in [2.24, 2.45) is 0 Å². The van der Waals surface area contributed by atoms with E-state index in [1.165, 1.54) is 6.92 Å². The second-order valence-electron chi connectivity index (χ2n) is 4.86. The van der Waals surface area contributed by atoms with E-state index in [1.54, 1.807) is 32.2 Å². The number of carbonyl (C=O) groups excluding carboxylic acids is 2. The molecule has 0 spiro atoms. The third-order valence-corrected chi connectivity index (χ3v) is 4.93. The van der Waals surface area contributed by atoms with E-state index in [0.717, 1.165) is 11.5 Å². The highest BCUT2D eigenvalue weighted by Crippen LogP contribution is 2.30. The molecule has 1 aromatic carbocycles. The van der Waals surface area contributed by atoms with E-state index in [9.17, 15) is 9.59 Å². The Bertz CT molecular complexity index is 779. The number of esters is 1. The summed E-state index contributed by atoms with van der Waals surface area (Å²) < 4.78 is 9.32. The number of amides is 1. The maximum atomic E-state index is 12.3. The van der Waals surface area contributed by atoms with Crippen LogP contribution in [0.5, 0.6) is 0 Å². The summed E-state index contributed by atoms with van der Waals surface area (Å²) in [4.78, 5) is 24.5. The zero-order valence-electron chi connectivity index (χ0n) is 13.1. The predicted molar refractivity (Wildman–Crippen MR) is 96.4 cm³/mol. The molecule has 0 aliphatic heterocycles. The van der Waals surface area contributed by atoms with E-state index in [2.05, 4.69) is 15.0 Å². The summed E-state index contributed by atoms with van der Waals surface area (Å²) >= 11 is 13.1. The van der Waals surface area contributed by atoms with Gasteiger partial charge in [-0.2, -0.15) is 4.37 Å². The Balaban J connectivity index is 2.07. The lowest BCUT2D eigenvalue weighted by Crippen LogP contribution is -2.30. The lowest BCUT2D eigenvalue weighted by atomic mass is 10.2. The highest BCUT2D eigenvalue weighted by molar-refractivity contribution is 7.10. The van der Waals surface area contributed by atoms with Gasteiger partial charge < -0.3 is 15.4 Å². The number of benzene rings is 1. The first-order valence-electron chi connectivity index (χ1n) is 6.95. The summed E-state index contributed by atoms with van der Waals surface area (Å²) in [5.41, 5.74) is 1.21. The van der Waals surface area contributed by atoms with E-state index in [4.69, 9.17) is 27.9 Å². The Kier molecular flexibility index (Phi) is 6.04. The number of hydrogen-bond donors (Lipinski definition) is 2. The molecule has 128 valence electrons. The standard InChI is InChI=1S/C15H15Cl2N3O3S/c1-7-11(14(18-3)24-20-7)15(22)23-8(2)13(21)19-10-6-4-5-9(16)12(10)17/h4-6,8,18H,1-3H3,(H,19,21)/t8-/m0/s1. The molecule has 2 rings (SSSR count). The largest absolute Gasteiger partial charge is 0.449 e. The van der Waals surface area contributed by atoms with Crippen molar-refractivity contribution in [2.75, 3.05) is 17.7 Å². The normalized spacial score (nSPS) is 11.7. The van der Waals surface area contributed by atoms with Gasteiger partial charge in [-0.1, -0.05) is 29.3 Å². The van der Waals surface area contributed by atoms with Crippen LogP contribution in [-0.4, -0.2) is 29.4 Å². The van der Waals surface area contributed by atoms with Gasteiger partial charge in [0.25, 0.3) is 5.91 Å². The number of anilines is 2. The topological polar surface area (TPSA) is 80.3 Å². The van der Waals surface area contributed by atoms with Crippen molar-refractivity contribution in [3.63, 3.8) is 0 Å². The number of nitrogens with zero attached hydrogens (tertiary/aromatic N) is 1. The smallest absolute Gasteiger partial charge is 0.343 e. The molecule has 1 aromatic heterocycles. The van der Waals surface area contributed by atoms with Crippen molar-refractivity contribution in [2.45, 2.75) is 20.0 Å². The molecule has 0 unspecified atom stereocenters. The highest BCUT2D eigenvalue weighted by atomic mass is 35.5. The second-order valence-corrected chi connectivity index (χ2v) is 6.42. The van der Waals surface area contributed by atoms with Crippen LogP contribution in [0.2, 0.25) is 10.0 Å². The Morgan fingerprint density at radius 1 is 1.33 bits per heavy atom. The van der Waals surface area contributed by atoms with Crippen LogP contribution in [0.1, 0.15) is 23.0 Å². The fourth-order valence-electron chi connectivity index (χ4n) is 1.89. The Morgan fingerprint density at radius 2 is 2.04 bits per heavy atom. The molecule has 2 N–H and O–H groups in total. The van der Waals surface area contributed by atoms with Gasteiger partial charge in [0.2, 0.25) is 0 Å². The van der Waals surface area contributed by atoms with Gasteiger partial charge in [0.1, 0.15) is 10.6 Å². The van der Waals surface area contributed by atoms with E-state index in [-0.39, 0.29) is 5.02 Å². The summed E-state index contributed by atoms with van der Waals surface area (Å²) in [5, 5.41) is 6.59.